The summed E-state index contributed by atoms with van der Waals surface area (Å²) in [6.07, 6.45) is 0. The number of nitrogens with one attached hydrogen (secondary N) is 2. The molecule has 2 aromatic rings. The summed E-state index contributed by atoms with van der Waals surface area (Å²) in [6, 6.07) is 17.8. The van der Waals surface area contributed by atoms with Crippen molar-refractivity contribution in [2.45, 2.75) is 6.92 Å². The summed E-state index contributed by atoms with van der Waals surface area (Å²) >= 11 is 0. The van der Waals surface area contributed by atoms with Crippen molar-refractivity contribution in [3.63, 3.8) is 0 Å². The largest absolute Gasteiger partial charge is 0.316 e. The maximum Gasteiger partial charge on any atom is 0.101 e. The highest BCUT2D eigenvalue weighted by atomic mass is 15.3. The lowest BCUT2D eigenvalue weighted by molar-refractivity contribution is 0.811. The lowest BCUT2D eigenvalue weighted by Gasteiger charge is -2.26. The third-order valence-corrected chi connectivity index (χ3v) is 3.56. The molecule has 0 heterocycles. The van der Waals surface area contributed by atoms with E-state index in [1.54, 1.807) is 7.05 Å². The van der Waals surface area contributed by atoms with Gasteiger partial charge in [-0.2, -0.15) is 0 Å². The van der Waals surface area contributed by atoms with Gasteiger partial charge >= 0.3 is 0 Å². The van der Waals surface area contributed by atoms with Crippen LogP contribution in [-0.2, 0) is 0 Å². The molecule has 114 valence electrons. The molecular formula is C18H22N4. The number of hydrogen-bond donors (Lipinski definition) is 2. The maximum absolute atomic E-state index is 8.55. The fourth-order valence-corrected chi connectivity index (χ4v) is 2.33. The maximum atomic E-state index is 8.55. The van der Waals surface area contributed by atoms with Crippen LogP contribution in [0.1, 0.15) is 18.1 Å². The van der Waals surface area contributed by atoms with E-state index in [-0.39, 0.29) is 0 Å². The van der Waals surface area contributed by atoms with Crippen LogP contribution in [0.3, 0.4) is 0 Å². The Bertz CT molecular complexity index is 662. The van der Waals surface area contributed by atoms with Gasteiger partial charge in [-0.1, -0.05) is 48.5 Å². The minimum Gasteiger partial charge on any atom is -0.316 e. The molecule has 22 heavy (non-hydrogen) atoms. The fraction of sp³-hybridized carbons (Fsp3) is 0.222. The summed E-state index contributed by atoms with van der Waals surface area (Å²) in [5.41, 5.74) is 3.30. The van der Waals surface area contributed by atoms with Crippen LogP contribution in [0, 0.1) is 5.41 Å². The smallest absolute Gasteiger partial charge is 0.101 e. The van der Waals surface area contributed by atoms with Gasteiger partial charge in [-0.15, -0.1) is 0 Å². The van der Waals surface area contributed by atoms with Crippen LogP contribution in [0.15, 0.2) is 59.6 Å². The summed E-state index contributed by atoms with van der Waals surface area (Å²) in [4.78, 5) is 6.37. The van der Waals surface area contributed by atoms with Crippen molar-refractivity contribution in [2.75, 3.05) is 25.7 Å². The van der Waals surface area contributed by atoms with Gasteiger partial charge in [0, 0.05) is 18.2 Å². The van der Waals surface area contributed by atoms with Crippen LogP contribution in [0.25, 0.3) is 0 Å². The molecule has 0 atom stereocenters. The standard InChI is InChI=1S/C18H22N4/c1-14(21-3)22(13-20-2)17-12-8-7-11-16(17)18(19)15-9-5-4-6-10-15/h4-12,19-20H,13H2,1-3H3. The minimum absolute atomic E-state index is 0.515. The van der Waals surface area contributed by atoms with E-state index in [1.165, 1.54) is 0 Å². The second-order valence-electron chi connectivity index (χ2n) is 4.97. The van der Waals surface area contributed by atoms with Gasteiger partial charge in [-0.3, -0.25) is 10.4 Å². The lowest BCUT2D eigenvalue weighted by atomic mass is 10.0. The Morgan fingerprint density at radius 2 is 1.73 bits per heavy atom. The van der Waals surface area contributed by atoms with Gasteiger partial charge in [0.1, 0.15) is 5.84 Å². The average Bonchev–Trinajstić information content (AvgIpc) is 2.59. The van der Waals surface area contributed by atoms with Crippen molar-refractivity contribution in [1.82, 2.24) is 5.32 Å². The Balaban J connectivity index is 2.48. The predicted octanol–water partition coefficient (Wildman–Crippen LogP) is 3.13. The molecule has 2 N–H and O–H groups in total. The SMILES string of the molecule is CN=C(C)N(CNC)c1ccccc1C(=N)c1ccccc1. The Kier molecular flexibility index (Phi) is 5.44. The first-order valence-electron chi connectivity index (χ1n) is 7.28. The van der Waals surface area contributed by atoms with Gasteiger partial charge in [0.25, 0.3) is 0 Å². The molecule has 4 heteroatoms. The van der Waals surface area contributed by atoms with Crippen LogP contribution in [0.5, 0.6) is 0 Å². The molecule has 0 unspecified atom stereocenters. The van der Waals surface area contributed by atoms with Gasteiger partial charge in [0.15, 0.2) is 0 Å². The molecule has 2 aromatic carbocycles. The summed E-state index contributed by atoms with van der Waals surface area (Å²) in [6.45, 7) is 2.61. The van der Waals surface area contributed by atoms with E-state index in [0.29, 0.717) is 12.4 Å². The van der Waals surface area contributed by atoms with Crippen molar-refractivity contribution in [3.8, 4) is 0 Å². The second kappa shape index (κ2) is 7.52. The highest BCUT2D eigenvalue weighted by Crippen LogP contribution is 2.23. The first-order chi connectivity index (χ1) is 10.7. The molecule has 0 aliphatic carbocycles. The summed E-state index contributed by atoms with van der Waals surface area (Å²) in [5, 5.41) is 11.7. The Hall–Kier alpha value is -2.46. The van der Waals surface area contributed by atoms with E-state index in [4.69, 9.17) is 5.41 Å². The lowest BCUT2D eigenvalue weighted by Crippen LogP contribution is -2.37. The molecule has 0 aliphatic rings. The van der Waals surface area contributed by atoms with E-state index >= 15 is 0 Å². The number of para-hydroxylation sites is 1. The van der Waals surface area contributed by atoms with E-state index < -0.39 is 0 Å². The van der Waals surface area contributed by atoms with Crippen LogP contribution in [0.2, 0.25) is 0 Å². The fourth-order valence-electron chi connectivity index (χ4n) is 2.33. The van der Waals surface area contributed by atoms with Crippen LogP contribution in [0.4, 0.5) is 5.69 Å². The Morgan fingerprint density at radius 3 is 2.36 bits per heavy atom. The van der Waals surface area contributed by atoms with Crippen molar-refractivity contribution in [2.24, 2.45) is 4.99 Å². The number of hydrogen-bond acceptors (Lipinski definition) is 3. The third-order valence-electron chi connectivity index (χ3n) is 3.56. The first-order valence-corrected chi connectivity index (χ1v) is 7.28. The number of benzene rings is 2. The third kappa shape index (κ3) is 3.40. The zero-order valence-corrected chi connectivity index (χ0v) is 13.3. The molecule has 0 fully saturated rings. The molecular weight excluding hydrogens is 272 g/mol. The van der Waals surface area contributed by atoms with E-state index in [9.17, 15) is 0 Å². The monoisotopic (exact) mass is 294 g/mol. The molecule has 2 rings (SSSR count). The van der Waals surface area contributed by atoms with Crippen LogP contribution < -0.4 is 10.2 Å². The van der Waals surface area contributed by atoms with E-state index in [1.807, 2.05) is 68.6 Å². The molecule has 0 aliphatic heterocycles. The molecule has 0 spiro atoms. The Labute approximate surface area is 132 Å². The summed E-state index contributed by atoms with van der Waals surface area (Å²) in [7, 11) is 3.68. The topological polar surface area (TPSA) is 51.5 Å². The quantitative estimate of drug-likeness (QED) is 0.506. The zero-order chi connectivity index (χ0) is 15.9. The molecule has 0 bridgehead atoms. The number of aliphatic imine (C=N–C) groups is 1. The van der Waals surface area contributed by atoms with Gasteiger partial charge in [0.2, 0.25) is 0 Å². The number of nitrogens with zero attached hydrogens (tertiary/aromatic N) is 2. The number of amidine groups is 1. The predicted molar refractivity (Wildman–Crippen MR) is 94.3 cm³/mol. The highest BCUT2D eigenvalue weighted by molar-refractivity contribution is 6.15. The minimum atomic E-state index is 0.515. The van der Waals surface area contributed by atoms with Crippen molar-refractivity contribution < 1.29 is 0 Å². The molecule has 0 amide bonds. The number of rotatable bonds is 5. The second-order valence-corrected chi connectivity index (χ2v) is 4.97. The van der Waals surface area contributed by atoms with E-state index in [0.717, 1.165) is 22.6 Å². The van der Waals surface area contributed by atoms with Gasteiger partial charge in [-0.25, -0.2) is 0 Å². The number of anilines is 1. The van der Waals surface area contributed by atoms with Gasteiger partial charge < -0.3 is 10.2 Å². The molecule has 0 saturated carbocycles. The van der Waals surface area contributed by atoms with Crippen LogP contribution in [-0.4, -0.2) is 32.3 Å². The van der Waals surface area contributed by atoms with Gasteiger partial charge in [0.05, 0.1) is 18.1 Å². The van der Waals surface area contributed by atoms with Crippen LogP contribution >= 0.6 is 0 Å². The van der Waals surface area contributed by atoms with E-state index in [2.05, 4.69) is 15.2 Å². The van der Waals surface area contributed by atoms with Crippen molar-refractivity contribution >= 4 is 17.2 Å². The van der Waals surface area contributed by atoms with Crippen molar-refractivity contribution in [1.29, 1.82) is 5.41 Å². The average molecular weight is 294 g/mol. The molecule has 0 saturated heterocycles. The Morgan fingerprint density at radius 1 is 1.09 bits per heavy atom. The molecule has 0 aromatic heterocycles. The normalized spacial score (nSPS) is 11.3. The summed E-state index contributed by atoms with van der Waals surface area (Å²) in [5.74, 6) is 0.905. The van der Waals surface area contributed by atoms with Gasteiger partial charge in [-0.05, 0) is 20.0 Å². The molecule has 4 nitrogen and oxygen atoms in total. The summed E-state index contributed by atoms with van der Waals surface area (Å²) < 4.78 is 0. The zero-order valence-electron chi connectivity index (χ0n) is 13.3. The van der Waals surface area contributed by atoms with Crippen molar-refractivity contribution in [3.05, 3.63) is 65.7 Å². The molecule has 0 radical (unpaired) electrons. The highest BCUT2D eigenvalue weighted by Gasteiger charge is 2.16. The first kappa shape index (κ1) is 15.9.